The van der Waals surface area contributed by atoms with Crippen molar-refractivity contribution < 1.29 is 17.7 Å². The van der Waals surface area contributed by atoms with Crippen LogP contribution < -0.4 is 10.0 Å². The number of para-hydroxylation sites is 1. The van der Waals surface area contributed by atoms with Gasteiger partial charge < -0.3 is 9.84 Å². The fourth-order valence-corrected chi connectivity index (χ4v) is 5.65. The highest BCUT2D eigenvalue weighted by Gasteiger charge is 2.45. The van der Waals surface area contributed by atoms with Crippen LogP contribution in [0.4, 0.5) is 5.82 Å². The van der Waals surface area contributed by atoms with E-state index >= 15 is 0 Å². The fraction of sp³-hybridized carbons (Fsp3) is 0.350. The van der Waals surface area contributed by atoms with Crippen molar-refractivity contribution in [3.8, 4) is 0 Å². The molecule has 1 fully saturated rings. The van der Waals surface area contributed by atoms with Gasteiger partial charge >= 0.3 is 0 Å². The zero-order valence-electron chi connectivity index (χ0n) is 16.2. The highest BCUT2D eigenvalue weighted by molar-refractivity contribution is 7.89. The van der Waals surface area contributed by atoms with Crippen molar-refractivity contribution in [1.82, 2.24) is 14.9 Å². The van der Waals surface area contributed by atoms with Gasteiger partial charge in [0.2, 0.25) is 15.9 Å². The highest BCUT2D eigenvalue weighted by atomic mass is 32.2. The third-order valence-corrected chi connectivity index (χ3v) is 7.08. The zero-order chi connectivity index (χ0) is 20.6. The summed E-state index contributed by atoms with van der Waals surface area (Å²) in [5.41, 5.74) is -0.218. The van der Waals surface area contributed by atoms with Crippen molar-refractivity contribution in [3.63, 3.8) is 0 Å². The van der Waals surface area contributed by atoms with Crippen LogP contribution >= 0.6 is 0 Å². The fourth-order valence-electron chi connectivity index (χ4n) is 3.89. The lowest BCUT2D eigenvalue weighted by Gasteiger charge is -2.28. The Kier molecular flexibility index (Phi) is 4.87. The van der Waals surface area contributed by atoms with Crippen LogP contribution in [0.3, 0.4) is 0 Å². The number of pyridine rings is 1. The van der Waals surface area contributed by atoms with E-state index < -0.39 is 21.5 Å². The molecule has 29 heavy (non-hydrogen) atoms. The minimum absolute atomic E-state index is 0.0135. The summed E-state index contributed by atoms with van der Waals surface area (Å²) in [6, 6.07) is 11.2. The summed E-state index contributed by atoms with van der Waals surface area (Å²) >= 11 is 0. The van der Waals surface area contributed by atoms with Crippen LogP contribution in [0.5, 0.6) is 0 Å². The molecular weight excluding hydrogens is 392 g/mol. The van der Waals surface area contributed by atoms with E-state index in [1.807, 2.05) is 30.3 Å². The van der Waals surface area contributed by atoms with Crippen LogP contribution in [0.2, 0.25) is 0 Å². The van der Waals surface area contributed by atoms with Gasteiger partial charge in [-0.25, -0.2) is 13.4 Å². The molecule has 0 atom stereocenters. The number of fused-ring (bicyclic) bond motifs is 1. The van der Waals surface area contributed by atoms with Gasteiger partial charge in [-0.05, 0) is 44.9 Å². The van der Waals surface area contributed by atoms with E-state index in [-0.39, 0.29) is 16.3 Å². The van der Waals surface area contributed by atoms with E-state index in [0.717, 1.165) is 23.7 Å². The predicted octanol–water partition coefficient (Wildman–Crippen LogP) is 3.07. The van der Waals surface area contributed by atoms with E-state index in [1.165, 1.54) is 6.92 Å². The van der Waals surface area contributed by atoms with E-state index in [9.17, 15) is 13.2 Å². The molecule has 152 valence electrons. The molecule has 1 saturated carbocycles. The van der Waals surface area contributed by atoms with Gasteiger partial charge in [0.1, 0.15) is 21.9 Å². The zero-order valence-corrected chi connectivity index (χ0v) is 17.0. The van der Waals surface area contributed by atoms with Gasteiger partial charge in [-0.3, -0.25) is 4.79 Å². The average molecular weight is 414 g/mol. The van der Waals surface area contributed by atoms with Crippen molar-refractivity contribution in [2.45, 2.75) is 50.0 Å². The van der Waals surface area contributed by atoms with Crippen molar-refractivity contribution in [2.24, 2.45) is 0 Å². The first-order valence-electron chi connectivity index (χ1n) is 9.45. The maximum atomic E-state index is 13.2. The van der Waals surface area contributed by atoms with Gasteiger partial charge in [0, 0.05) is 5.39 Å². The second-order valence-electron chi connectivity index (χ2n) is 7.39. The molecule has 0 saturated heterocycles. The Hall–Kier alpha value is -2.78. The molecule has 2 aromatic heterocycles. The molecule has 1 aromatic carbocycles. The van der Waals surface area contributed by atoms with Gasteiger partial charge in [0.25, 0.3) is 0 Å². The molecule has 0 bridgehead atoms. The quantitative estimate of drug-likeness (QED) is 0.663. The second-order valence-corrected chi connectivity index (χ2v) is 9.01. The van der Waals surface area contributed by atoms with Crippen molar-refractivity contribution in [3.05, 3.63) is 47.9 Å². The number of aromatic nitrogens is 2. The Balaban J connectivity index is 1.63. The minimum Gasteiger partial charge on any atom is -0.360 e. The summed E-state index contributed by atoms with van der Waals surface area (Å²) in [6.07, 6.45) is 2.33. The largest absolute Gasteiger partial charge is 0.360 e. The number of carbonyl (C=O) groups excluding carboxylic acids is 1. The van der Waals surface area contributed by atoms with Crippen LogP contribution in [-0.2, 0) is 14.8 Å². The molecule has 2 heterocycles. The summed E-state index contributed by atoms with van der Waals surface area (Å²) in [5.74, 6) is 0.171. The number of nitrogens with one attached hydrogen (secondary N) is 2. The average Bonchev–Trinajstić information content (AvgIpc) is 3.28. The Morgan fingerprint density at radius 3 is 2.52 bits per heavy atom. The number of nitrogens with zero attached hydrogens (tertiary/aromatic N) is 2. The molecule has 0 unspecified atom stereocenters. The van der Waals surface area contributed by atoms with Crippen molar-refractivity contribution >= 4 is 32.7 Å². The molecular formula is C20H22N4O4S. The first-order valence-corrected chi connectivity index (χ1v) is 10.9. The number of sulfonamides is 1. The molecule has 1 aliphatic carbocycles. The number of hydrogen-bond donors (Lipinski definition) is 2. The van der Waals surface area contributed by atoms with Crippen LogP contribution in [0.25, 0.3) is 10.9 Å². The summed E-state index contributed by atoms with van der Waals surface area (Å²) < 4.78 is 33.7. The summed E-state index contributed by atoms with van der Waals surface area (Å²) in [6.45, 7) is 3.10. The predicted molar refractivity (Wildman–Crippen MR) is 108 cm³/mol. The molecule has 2 N–H and O–H groups in total. The van der Waals surface area contributed by atoms with Crippen molar-refractivity contribution in [1.29, 1.82) is 0 Å². The lowest BCUT2D eigenvalue weighted by molar-refractivity contribution is -0.121. The number of carbonyl (C=O) groups is 1. The minimum atomic E-state index is -3.98. The Morgan fingerprint density at radius 1 is 1.10 bits per heavy atom. The first kappa shape index (κ1) is 19.5. The number of benzene rings is 1. The monoisotopic (exact) mass is 414 g/mol. The molecule has 0 spiro atoms. The molecule has 8 nitrogen and oxygen atoms in total. The lowest BCUT2D eigenvalue weighted by Crippen LogP contribution is -2.55. The highest BCUT2D eigenvalue weighted by Crippen LogP contribution is 2.33. The van der Waals surface area contributed by atoms with Crippen molar-refractivity contribution in [2.75, 3.05) is 5.32 Å². The molecule has 0 radical (unpaired) electrons. The van der Waals surface area contributed by atoms with Crippen LogP contribution in [-0.4, -0.2) is 30.0 Å². The van der Waals surface area contributed by atoms with Crippen LogP contribution in [0.1, 0.15) is 37.1 Å². The summed E-state index contributed by atoms with van der Waals surface area (Å²) in [7, 11) is -3.98. The second kappa shape index (κ2) is 7.23. The van der Waals surface area contributed by atoms with Gasteiger partial charge in [-0.15, -0.1) is 0 Å². The lowest BCUT2D eigenvalue weighted by atomic mass is 9.98. The van der Waals surface area contributed by atoms with Gasteiger partial charge in [0.05, 0.1) is 5.52 Å². The molecule has 1 aliphatic rings. The molecule has 0 aliphatic heterocycles. The molecule has 4 rings (SSSR count). The number of hydrogen-bond acceptors (Lipinski definition) is 6. The van der Waals surface area contributed by atoms with Gasteiger partial charge in [-0.2, -0.15) is 4.72 Å². The smallest absolute Gasteiger partial charge is 0.246 e. The topological polar surface area (TPSA) is 114 Å². The maximum absolute atomic E-state index is 13.2. The Morgan fingerprint density at radius 2 is 1.83 bits per heavy atom. The Bertz CT molecular complexity index is 1160. The number of amides is 1. The SMILES string of the molecule is Cc1noc(C)c1S(=O)(=O)NC1(C(=O)Nc2ccc3ccccc3n2)CCCC1. The van der Waals surface area contributed by atoms with Gasteiger partial charge in [0.15, 0.2) is 5.76 Å². The summed E-state index contributed by atoms with van der Waals surface area (Å²) in [4.78, 5) is 17.6. The van der Waals surface area contributed by atoms with E-state index in [0.29, 0.717) is 18.7 Å². The maximum Gasteiger partial charge on any atom is 0.246 e. The molecule has 9 heteroatoms. The van der Waals surface area contributed by atoms with E-state index in [1.54, 1.807) is 13.0 Å². The number of aryl methyl sites for hydroxylation is 2. The van der Waals surface area contributed by atoms with Crippen LogP contribution in [0, 0.1) is 13.8 Å². The Labute approximate surface area is 168 Å². The normalized spacial score (nSPS) is 16.2. The van der Waals surface area contributed by atoms with E-state index in [4.69, 9.17) is 4.52 Å². The third kappa shape index (κ3) is 3.63. The first-order chi connectivity index (χ1) is 13.8. The number of anilines is 1. The molecule has 1 amide bonds. The summed E-state index contributed by atoms with van der Waals surface area (Å²) in [5, 5.41) is 7.47. The number of rotatable bonds is 5. The third-order valence-electron chi connectivity index (χ3n) is 5.30. The van der Waals surface area contributed by atoms with Crippen LogP contribution in [0.15, 0.2) is 45.8 Å². The standard InChI is InChI=1S/C20H22N4O4S/c1-13-18(14(2)28-23-13)29(26,27)24-20(11-5-6-12-20)19(25)22-17-10-9-15-7-3-4-8-16(15)21-17/h3-4,7-10,24H,5-6,11-12H2,1-2H3,(H,21,22,25). The molecule has 3 aromatic rings. The van der Waals surface area contributed by atoms with E-state index in [2.05, 4.69) is 20.2 Å². The van der Waals surface area contributed by atoms with Gasteiger partial charge in [-0.1, -0.05) is 36.2 Å².